The van der Waals surface area contributed by atoms with Crippen molar-refractivity contribution in [1.82, 2.24) is 14.7 Å². The van der Waals surface area contributed by atoms with Crippen LogP contribution in [0.5, 0.6) is 0 Å². The van der Waals surface area contributed by atoms with Gasteiger partial charge in [-0.3, -0.25) is 9.58 Å². The summed E-state index contributed by atoms with van der Waals surface area (Å²) >= 11 is 0. The van der Waals surface area contributed by atoms with Gasteiger partial charge in [0.2, 0.25) is 0 Å². The van der Waals surface area contributed by atoms with Gasteiger partial charge in [-0.05, 0) is 32.6 Å². The Morgan fingerprint density at radius 1 is 1.39 bits per heavy atom. The molecule has 2 fully saturated rings. The lowest BCUT2D eigenvalue weighted by atomic mass is 9.79. The number of fused-ring (bicyclic) bond motifs is 1. The Labute approximate surface area is 138 Å². The van der Waals surface area contributed by atoms with Gasteiger partial charge in [0, 0.05) is 45.1 Å². The molecule has 0 amide bonds. The van der Waals surface area contributed by atoms with E-state index in [9.17, 15) is 0 Å². The van der Waals surface area contributed by atoms with E-state index in [-0.39, 0.29) is 12.2 Å². The molecule has 1 saturated carbocycles. The Bertz CT molecular complexity index is 533. The molecule has 0 aromatic carbocycles. The van der Waals surface area contributed by atoms with Gasteiger partial charge in [0.15, 0.2) is 0 Å². The topological polar surface area (TPSA) is 59.8 Å². The molecule has 0 spiro atoms. The van der Waals surface area contributed by atoms with Gasteiger partial charge in [-0.25, -0.2) is 0 Å². The van der Waals surface area contributed by atoms with E-state index in [0.29, 0.717) is 18.7 Å². The number of hydrogen-bond acceptors (Lipinski definition) is 5. The third-order valence-electron chi connectivity index (χ3n) is 5.74. The fourth-order valence-corrected chi connectivity index (χ4v) is 4.31. The summed E-state index contributed by atoms with van der Waals surface area (Å²) in [4.78, 5) is 2.53. The molecule has 130 valence electrons. The zero-order chi connectivity index (χ0) is 16.4. The smallest absolute Gasteiger partial charge is 0.0847 e. The second kappa shape index (κ2) is 6.89. The van der Waals surface area contributed by atoms with E-state index < -0.39 is 0 Å². The molecule has 0 radical (unpaired) electrons. The lowest BCUT2D eigenvalue weighted by Crippen LogP contribution is -2.51. The monoisotopic (exact) mass is 323 g/mol. The van der Waals surface area contributed by atoms with Crippen molar-refractivity contribution in [1.29, 1.82) is 0 Å². The summed E-state index contributed by atoms with van der Waals surface area (Å²) in [5.41, 5.74) is 2.28. The van der Waals surface area contributed by atoms with Crippen LogP contribution in [0.15, 0.2) is 6.20 Å². The van der Waals surface area contributed by atoms with Crippen LogP contribution < -0.4 is 0 Å². The highest BCUT2D eigenvalue weighted by molar-refractivity contribution is 5.17. The number of aliphatic hydroxyl groups excluding tert-OH is 1. The third-order valence-corrected chi connectivity index (χ3v) is 5.74. The SMILES string of the molecule is CO[C@H]1CC[C@@]2(OC)CCN(Cc3cn(CCO)nc3C)[C@H]2C1. The van der Waals surface area contributed by atoms with Gasteiger partial charge in [-0.1, -0.05) is 0 Å². The molecule has 3 atom stereocenters. The maximum atomic E-state index is 9.08. The molecular weight excluding hydrogens is 294 g/mol. The zero-order valence-corrected chi connectivity index (χ0v) is 14.5. The van der Waals surface area contributed by atoms with Crippen molar-refractivity contribution < 1.29 is 14.6 Å². The predicted octanol–water partition coefficient (Wildman–Crippen LogP) is 1.34. The highest BCUT2D eigenvalue weighted by atomic mass is 16.5. The van der Waals surface area contributed by atoms with Crippen LogP contribution in [0.4, 0.5) is 0 Å². The summed E-state index contributed by atoms with van der Waals surface area (Å²) in [7, 11) is 3.67. The average Bonchev–Trinajstić information content (AvgIpc) is 3.09. The summed E-state index contributed by atoms with van der Waals surface area (Å²) < 4.78 is 13.4. The molecule has 1 aromatic rings. The summed E-state index contributed by atoms with van der Waals surface area (Å²) in [6.07, 6.45) is 6.69. The van der Waals surface area contributed by atoms with Crippen LogP contribution in [-0.4, -0.2) is 64.9 Å². The minimum Gasteiger partial charge on any atom is -0.394 e. The summed E-state index contributed by atoms with van der Waals surface area (Å²) in [6.45, 7) is 4.66. The van der Waals surface area contributed by atoms with E-state index in [0.717, 1.165) is 44.5 Å². The van der Waals surface area contributed by atoms with Crippen LogP contribution in [0.3, 0.4) is 0 Å². The molecule has 6 nitrogen and oxygen atoms in total. The van der Waals surface area contributed by atoms with Gasteiger partial charge >= 0.3 is 0 Å². The number of hydrogen-bond donors (Lipinski definition) is 1. The molecule has 23 heavy (non-hydrogen) atoms. The molecule has 0 unspecified atom stereocenters. The number of rotatable bonds is 6. The minimum absolute atomic E-state index is 0.00989. The lowest BCUT2D eigenvalue weighted by molar-refractivity contribution is -0.0947. The van der Waals surface area contributed by atoms with E-state index in [1.807, 2.05) is 25.8 Å². The number of aromatic nitrogens is 2. The van der Waals surface area contributed by atoms with Gasteiger partial charge in [0.05, 0.1) is 30.6 Å². The van der Waals surface area contributed by atoms with Crippen molar-refractivity contribution in [2.75, 3.05) is 27.4 Å². The Hall–Kier alpha value is -0.950. The van der Waals surface area contributed by atoms with E-state index in [1.165, 1.54) is 5.56 Å². The molecular formula is C17H29N3O3. The number of ether oxygens (including phenoxy) is 2. The Morgan fingerprint density at radius 2 is 2.22 bits per heavy atom. The van der Waals surface area contributed by atoms with Gasteiger partial charge in [0.25, 0.3) is 0 Å². The third kappa shape index (κ3) is 3.18. The fourth-order valence-electron chi connectivity index (χ4n) is 4.31. The largest absolute Gasteiger partial charge is 0.394 e. The first-order chi connectivity index (χ1) is 11.1. The molecule has 1 aromatic heterocycles. The normalized spacial score (nSPS) is 31.5. The summed E-state index contributed by atoms with van der Waals surface area (Å²) in [5, 5.41) is 13.6. The molecule has 2 heterocycles. The zero-order valence-electron chi connectivity index (χ0n) is 14.5. The first-order valence-corrected chi connectivity index (χ1v) is 8.57. The van der Waals surface area contributed by atoms with Crippen LogP contribution in [0, 0.1) is 6.92 Å². The first kappa shape index (κ1) is 16.9. The van der Waals surface area contributed by atoms with E-state index in [1.54, 1.807) is 0 Å². The Kier molecular flexibility index (Phi) is 5.06. The quantitative estimate of drug-likeness (QED) is 0.856. The lowest BCUT2D eigenvalue weighted by Gasteiger charge is -2.43. The van der Waals surface area contributed by atoms with Crippen LogP contribution in [0.2, 0.25) is 0 Å². The van der Waals surface area contributed by atoms with E-state index >= 15 is 0 Å². The number of nitrogens with zero attached hydrogens (tertiary/aromatic N) is 3. The maximum Gasteiger partial charge on any atom is 0.0847 e. The summed E-state index contributed by atoms with van der Waals surface area (Å²) in [5.74, 6) is 0. The van der Waals surface area contributed by atoms with Gasteiger partial charge in [-0.15, -0.1) is 0 Å². The second-order valence-electron chi connectivity index (χ2n) is 6.86. The average molecular weight is 323 g/mol. The van der Waals surface area contributed by atoms with Crippen molar-refractivity contribution in [2.24, 2.45) is 0 Å². The molecule has 2 aliphatic rings. The molecule has 1 aliphatic heterocycles. The minimum atomic E-state index is -0.00989. The van der Waals surface area contributed by atoms with Crippen LogP contribution in [0.25, 0.3) is 0 Å². The van der Waals surface area contributed by atoms with Crippen LogP contribution in [0.1, 0.15) is 36.9 Å². The summed E-state index contributed by atoms with van der Waals surface area (Å²) in [6, 6.07) is 0.409. The molecule has 1 saturated heterocycles. The maximum absolute atomic E-state index is 9.08. The first-order valence-electron chi connectivity index (χ1n) is 8.57. The van der Waals surface area contributed by atoms with Crippen molar-refractivity contribution in [3.8, 4) is 0 Å². The van der Waals surface area contributed by atoms with Crippen LogP contribution >= 0.6 is 0 Å². The molecule has 0 bridgehead atoms. The standard InChI is InChI=1S/C17H29N3O3/c1-13-14(12-20(18-13)8-9-21)11-19-7-6-17(23-3)5-4-15(22-2)10-16(17)19/h12,15-16,21H,4-11H2,1-3H3/t15-,16-,17+/m0/s1. The Morgan fingerprint density at radius 3 is 2.91 bits per heavy atom. The van der Waals surface area contributed by atoms with Crippen molar-refractivity contribution in [3.63, 3.8) is 0 Å². The fraction of sp³-hybridized carbons (Fsp3) is 0.824. The number of methoxy groups -OCH3 is 2. The van der Waals surface area contributed by atoms with Crippen molar-refractivity contribution >= 4 is 0 Å². The molecule has 1 N–H and O–H groups in total. The van der Waals surface area contributed by atoms with Crippen molar-refractivity contribution in [2.45, 2.75) is 63.4 Å². The van der Waals surface area contributed by atoms with Crippen LogP contribution in [-0.2, 0) is 22.6 Å². The van der Waals surface area contributed by atoms with Gasteiger partial charge in [-0.2, -0.15) is 5.10 Å². The predicted molar refractivity (Wildman–Crippen MR) is 87.3 cm³/mol. The van der Waals surface area contributed by atoms with Gasteiger partial charge in [0.1, 0.15) is 0 Å². The molecule has 3 rings (SSSR count). The number of aryl methyl sites for hydroxylation is 1. The van der Waals surface area contributed by atoms with Gasteiger partial charge < -0.3 is 14.6 Å². The number of aliphatic hydroxyl groups is 1. The van der Waals surface area contributed by atoms with Crippen molar-refractivity contribution in [3.05, 3.63) is 17.5 Å². The number of likely N-dealkylation sites (tertiary alicyclic amines) is 1. The highest BCUT2D eigenvalue weighted by Crippen LogP contribution is 2.43. The Balaban J connectivity index is 1.75. The highest BCUT2D eigenvalue weighted by Gasteiger charge is 2.51. The molecule has 1 aliphatic carbocycles. The van der Waals surface area contributed by atoms with E-state index in [2.05, 4.69) is 16.2 Å². The second-order valence-corrected chi connectivity index (χ2v) is 6.86. The van der Waals surface area contributed by atoms with E-state index in [4.69, 9.17) is 14.6 Å². The molecule has 6 heteroatoms.